The average molecular weight is 393 g/mol. The predicted octanol–water partition coefficient (Wildman–Crippen LogP) is 3.36. The van der Waals surface area contributed by atoms with Crippen molar-refractivity contribution < 1.29 is 9.53 Å². The molecule has 2 aromatic heterocycles. The highest BCUT2D eigenvalue weighted by molar-refractivity contribution is 7.80. The third-order valence-corrected chi connectivity index (χ3v) is 6.01. The average Bonchev–Trinajstić information content (AvgIpc) is 3.22. The number of nitrogens with zero attached hydrogens (tertiary/aromatic N) is 2. The van der Waals surface area contributed by atoms with E-state index in [0.29, 0.717) is 23.1 Å². The Balaban J connectivity index is 1.71. The zero-order valence-corrected chi connectivity index (χ0v) is 16.9. The van der Waals surface area contributed by atoms with E-state index in [9.17, 15) is 4.79 Å². The zero-order chi connectivity index (χ0) is 18.7. The summed E-state index contributed by atoms with van der Waals surface area (Å²) in [5.41, 5.74) is 2.82. The summed E-state index contributed by atoms with van der Waals surface area (Å²) in [5, 5.41) is 11.9. The zero-order valence-electron chi connectivity index (χ0n) is 15.3. The minimum Gasteiger partial charge on any atom is -0.465 e. The Morgan fingerprint density at radius 2 is 2.35 bits per heavy atom. The number of nitrogens with one attached hydrogen (secondary N) is 2. The summed E-state index contributed by atoms with van der Waals surface area (Å²) >= 11 is 7.03. The first-order valence-corrected chi connectivity index (χ1v) is 10.0. The van der Waals surface area contributed by atoms with Crippen LogP contribution in [-0.4, -0.2) is 28.0 Å². The van der Waals surface area contributed by atoms with Crippen molar-refractivity contribution in [3.63, 3.8) is 0 Å². The number of carbonyl (C=O) groups excluding carboxylic acids is 1. The van der Waals surface area contributed by atoms with Crippen molar-refractivity contribution in [1.82, 2.24) is 15.1 Å². The molecule has 0 saturated heterocycles. The smallest absolute Gasteiger partial charge is 0.341 e. The lowest BCUT2D eigenvalue weighted by Crippen LogP contribution is -2.28. The molecule has 0 radical (unpaired) electrons. The molecule has 0 spiro atoms. The Labute approximate surface area is 162 Å². The Bertz CT molecular complexity index is 812. The fourth-order valence-electron chi connectivity index (χ4n) is 3.16. The normalized spacial score (nSPS) is 16.0. The molecule has 0 aromatic carbocycles. The van der Waals surface area contributed by atoms with Crippen LogP contribution in [0.2, 0.25) is 0 Å². The number of ether oxygens (including phenoxy) is 1. The van der Waals surface area contributed by atoms with Crippen molar-refractivity contribution in [2.24, 2.45) is 5.92 Å². The van der Waals surface area contributed by atoms with Crippen molar-refractivity contribution in [1.29, 1.82) is 0 Å². The van der Waals surface area contributed by atoms with Crippen LogP contribution < -0.4 is 10.6 Å². The van der Waals surface area contributed by atoms with E-state index in [-0.39, 0.29) is 5.97 Å². The summed E-state index contributed by atoms with van der Waals surface area (Å²) in [5.74, 6) is 0.339. The Morgan fingerprint density at radius 1 is 1.54 bits per heavy atom. The van der Waals surface area contributed by atoms with E-state index in [2.05, 4.69) is 22.7 Å². The predicted molar refractivity (Wildman–Crippen MR) is 108 cm³/mol. The standard InChI is InChI=1S/C18H24N4O2S2/c1-4-22-10-12(9-20-22)8-19-18(25)21-16-15(17(23)24-3)13-6-5-11(2)7-14(13)26-16/h9-11H,4-8H2,1-3H3,(H2,19,21,25). The molecular weight excluding hydrogens is 368 g/mol. The van der Waals surface area contributed by atoms with E-state index in [0.717, 1.165) is 41.9 Å². The molecule has 2 N–H and O–H groups in total. The van der Waals surface area contributed by atoms with Gasteiger partial charge in [-0.1, -0.05) is 6.92 Å². The van der Waals surface area contributed by atoms with Crippen molar-refractivity contribution in [2.75, 3.05) is 12.4 Å². The van der Waals surface area contributed by atoms with Crippen LogP contribution >= 0.6 is 23.6 Å². The van der Waals surface area contributed by atoms with E-state index in [1.165, 1.54) is 12.0 Å². The van der Waals surface area contributed by atoms with Crippen LogP contribution in [0, 0.1) is 5.92 Å². The summed E-state index contributed by atoms with van der Waals surface area (Å²) in [6.45, 7) is 5.71. The number of hydrogen-bond donors (Lipinski definition) is 2. The van der Waals surface area contributed by atoms with Crippen LogP contribution in [0.4, 0.5) is 5.00 Å². The van der Waals surface area contributed by atoms with E-state index in [4.69, 9.17) is 17.0 Å². The van der Waals surface area contributed by atoms with Gasteiger partial charge in [-0.05, 0) is 49.9 Å². The molecule has 1 atom stereocenters. The third kappa shape index (κ3) is 4.07. The molecule has 140 valence electrons. The van der Waals surface area contributed by atoms with E-state index >= 15 is 0 Å². The maximum atomic E-state index is 12.3. The molecule has 0 fully saturated rings. The quantitative estimate of drug-likeness (QED) is 0.601. The first-order valence-electron chi connectivity index (χ1n) is 8.80. The Morgan fingerprint density at radius 3 is 3.04 bits per heavy atom. The van der Waals surface area contributed by atoms with Crippen LogP contribution in [-0.2, 0) is 30.7 Å². The fourth-order valence-corrected chi connectivity index (χ4v) is 4.80. The van der Waals surface area contributed by atoms with Crippen molar-refractivity contribution in [2.45, 2.75) is 46.2 Å². The monoisotopic (exact) mass is 392 g/mol. The molecule has 0 aliphatic heterocycles. The highest BCUT2D eigenvalue weighted by atomic mass is 32.1. The van der Waals surface area contributed by atoms with Crippen molar-refractivity contribution in [3.8, 4) is 0 Å². The number of aromatic nitrogens is 2. The topological polar surface area (TPSA) is 68.2 Å². The number of carbonyl (C=O) groups is 1. The highest BCUT2D eigenvalue weighted by Gasteiger charge is 2.28. The molecule has 2 heterocycles. The van der Waals surface area contributed by atoms with Gasteiger partial charge in [0.2, 0.25) is 0 Å². The number of thiocarbonyl (C=S) groups is 1. The Kier molecular flexibility index (Phi) is 5.93. The van der Waals surface area contributed by atoms with Gasteiger partial charge in [0.1, 0.15) is 5.00 Å². The fraction of sp³-hybridized carbons (Fsp3) is 0.500. The summed E-state index contributed by atoms with van der Waals surface area (Å²) in [4.78, 5) is 13.6. The van der Waals surface area contributed by atoms with Crippen molar-refractivity contribution >= 4 is 39.6 Å². The summed E-state index contributed by atoms with van der Waals surface area (Å²) in [6, 6.07) is 0. The molecule has 6 nitrogen and oxygen atoms in total. The second-order valence-electron chi connectivity index (χ2n) is 6.56. The molecule has 26 heavy (non-hydrogen) atoms. The second kappa shape index (κ2) is 8.18. The van der Waals surface area contributed by atoms with Gasteiger partial charge in [0.15, 0.2) is 5.11 Å². The molecule has 3 rings (SSSR count). The summed E-state index contributed by atoms with van der Waals surface area (Å²) in [7, 11) is 1.42. The number of fused-ring (bicyclic) bond motifs is 1. The van der Waals surface area contributed by atoms with Gasteiger partial charge in [0.25, 0.3) is 0 Å². The molecule has 0 amide bonds. The lowest BCUT2D eigenvalue weighted by Gasteiger charge is -2.18. The lowest BCUT2D eigenvalue weighted by molar-refractivity contribution is 0.0601. The number of aryl methyl sites for hydroxylation is 1. The van der Waals surface area contributed by atoms with Crippen LogP contribution in [0.3, 0.4) is 0 Å². The molecular formula is C18H24N4O2S2. The van der Waals surface area contributed by atoms with Crippen LogP contribution in [0.25, 0.3) is 0 Å². The summed E-state index contributed by atoms with van der Waals surface area (Å²) < 4.78 is 6.88. The first-order chi connectivity index (χ1) is 12.5. The Hall–Kier alpha value is -1.93. The second-order valence-corrected chi connectivity index (χ2v) is 8.07. The highest BCUT2D eigenvalue weighted by Crippen LogP contribution is 2.39. The SMILES string of the molecule is CCn1cc(CNC(=S)Nc2sc3c(c2C(=O)OC)CCC(C)C3)cn1. The van der Waals surface area contributed by atoms with Gasteiger partial charge in [0.05, 0.1) is 18.9 Å². The molecule has 2 aromatic rings. The maximum absolute atomic E-state index is 12.3. The van der Waals surface area contributed by atoms with Gasteiger partial charge in [-0.15, -0.1) is 11.3 Å². The van der Waals surface area contributed by atoms with Crippen LogP contribution in [0.1, 0.15) is 46.6 Å². The first kappa shape index (κ1) is 18.8. The van der Waals surface area contributed by atoms with Crippen molar-refractivity contribution in [3.05, 3.63) is 34.0 Å². The van der Waals surface area contributed by atoms with Gasteiger partial charge in [-0.3, -0.25) is 4.68 Å². The van der Waals surface area contributed by atoms with E-state index in [1.54, 1.807) is 11.3 Å². The maximum Gasteiger partial charge on any atom is 0.341 e. The minimum atomic E-state index is -0.299. The number of anilines is 1. The molecule has 1 aliphatic rings. The van der Waals surface area contributed by atoms with Crippen LogP contribution in [0.5, 0.6) is 0 Å². The summed E-state index contributed by atoms with van der Waals surface area (Å²) in [6.07, 6.45) is 6.82. The molecule has 0 bridgehead atoms. The molecule has 1 unspecified atom stereocenters. The number of esters is 1. The largest absolute Gasteiger partial charge is 0.465 e. The number of thiophene rings is 1. The molecule has 1 aliphatic carbocycles. The van der Waals surface area contributed by atoms with Gasteiger partial charge in [-0.2, -0.15) is 5.10 Å². The van der Waals surface area contributed by atoms with Crippen LogP contribution in [0.15, 0.2) is 12.4 Å². The number of rotatable bonds is 5. The number of hydrogen-bond acceptors (Lipinski definition) is 5. The van der Waals surface area contributed by atoms with Gasteiger partial charge in [-0.25, -0.2) is 4.79 Å². The van der Waals surface area contributed by atoms with Gasteiger partial charge in [0, 0.05) is 29.7 Å². The molecule has 0 saturated carbocycles. The number of methoxy groups -OCH3 is 1. The van der Waals surface area contributed by atoms with E-state index < -0.39 is 0 Å². The lowest BCUT2D eigenvalue weighted by atomic mass is 9.88. The van der Waals surface area contributed by atoms with E-state index in [1.807, 2.05) is 24.0 Å². The minimum absolute atomic E-state index is 0.299. The van der Waals surface area contributed by atoms with Gasteiger partial charge < -0.3 is 15.4 Å². The van der Waals surface area contributed by atoms with Gasteiger partial charge >= 0.3 is 5.97 Å². The molecule has 8 heteroatoms. The third-order valence-electron chi connectivity index (χ3n) is 4.59.